The molecule has 0 spiro atoms. The van der Waals surface area contributed by atoms with Crippen molar-refractivity contribution in [1.82, 2.24) is 4.98 Å². The van der Waals surface area contributed by atoms with Crippen LogP contribution >= 0.6 is 31.9 Å². The van der Waals surface area contributed by atoms with Gasteiger partial charge in [-0.25, -0.2) is 0 Å². The molecule has 0 aliphatic carbocycles. The lowest BCUT2D eigenvalue weighted by atomic mass is 10.1. The maximum atomic E-state index is 12.2. The Hall–Kier alpha value is -0.810. The summed E-state index contributed by atoms with van der Waals surface area (Å²) in [4.78, 5) is 15.5. The third kappa shape index (κ3) is 2.34. The number of rotatable bonds is 3. The Morgan fingerprint density at radius 2 is 2.00 bits per heavy atom. The van der Waals surface area contributed by atoms with Crippen molar-refractivity contribution in [2.24, 2.45) is 0 Å². The van der Waals surface area contributed by atoms with Crippen LogP contribution in [0, 0.1) is 0 Å². The molecule has 0 fully saturated rings. The van der Waals surface area contributed by atoms with Crippen molar-refractivity contribution >= 4 is 42.8 Å². The van der Waals surface area contributed by atoms with Gasteiger partial charge in [-0.3, -0.25) is 4.79 Å². The van der Waals surface area contributed by atoms with Crippen LogP contribution in [0.3, 0.4) is 0 Å². The lowest BCUT2D eigenvalue weighted by Gasteiger charge is -2.10. The van der Waals surface area contributed by atoms with Crippen molar-refractivity contribution in [3.63, 3.8) is 0 Å². The highest BCUT2D eigenvalue weighted by Gasteiger charge is 2.14. The molecule has 2 aromatic rings. The minimum Gasteiger partial charge on any atom is -0.495 e. The molecule has 0 amide bonds. The summed E-state index contributed by atoms with van der Waals surface area (Å²) in [5, 5.41) is 0.568. The Labute approximate surface area is 122 Å². The Morgan fingerprint density at radius 1 is 1.28 bits per heavy atom. The minimum absolute atomic E-state index is 0.0222. The number of methoxy groups -OCH3 is 1. The van der Waals surface area contributed by atoms with Gasteiger partial charge in [-0.15, -0.1) is 0 Å². The van der Waals surface area contributed by atoms with Gasteiger partial charge >= 0.3 is 0 Å². The second-order valence-corrected chi connectivity index (χ2v) is 5.74. The number of pyridine rings is 1. The van der Waals surface area contributed by atoms with E-state index in [2.05, 4.69) is 43.8 Å². The van der Waals surface area contributed by atoms with Crippen LogP contribution < -0.4 is 10.2 Å². The summed E-state index contributed by atoms with van der Waals surface area (Å²) in [6.07, 6.45) is 1.85. The normalized spacial score (nSPS) is 10.9. The number of halogens is 2. The van der Waals surface area contributed by atoms with Gasteiger partial charge in [-0.1, -0.05) is 13.3 Å². The van der Waals surface area contributed by atoms with Gasteiger partial charge in [0.15, 0.2) is 5.43 Å². The largest absolute Gasteiger partial charge is 0.495 e. The molecule has 2 rings (SSSR count). The quantitative estimate of drug-likeness (QED) is 0.881. The Morgan fingerprint density at radius 3 is 2.61 bits per heavy atom. The first-order valence-corrected chi connectivity index (χ1v) is 7.25. The first-order chi connectivity index (χ1) is 8.58. The van der Waals surface area contributed by atoms with E-state index >= 15 is 0 Å². The number of H-pyrrole nitrogens is 1. The monoisotopic (exact) mass is 373 g/mol. The van der Waals surface area contributed by atoms with E-state index in [1.54, 1.807) is 13.2 Å². The summed E-state index contributed by atoms with van der Waals surface area (Å²) >= 11 is 6.88. The zero-order chi connectivity index (χ0) is 13.3. The topological polar surface area (TPSA) is 42.1 Å². The molecule has 0 aliphatic rings. The number of fused-ring (bicyclic) bond motifs is 1. The molecule has 1 aromatic heterocycles. The van der Waals surface area contributed by atoms with Crippen LogP contribution in [0.5, 0.6) is 5.75 Å². The standard InChI is InChI=1S/C13H13Br2NO2/c1-3-4-7-5-10(17)11-12(16-7)8(14)6-9(15)13(11)18-2/h5-6H,3-4H2,1-2H3,(H,16,17). The van der Waals surface area contributed by atoms with E-state index < -0.39 is 0 Å². The molecular formula is C13H13Br2NO2. The van der Waals surface area contributed by atoms with E-state index in [9.17, 15) is 4.79 Å². The highest BCUT2D eigenvalue weighted by Crippen LogP contribution is 2.35. The molecule has 0 bridgehead atoms. The third-order valence-electron chi connectivity index (χ3n) is 2.75. The van der Waals surface area contributed by atoms with Crippen molar-refractivity contribution in [3.05, 3.63) is 37.0 Å². The number of aromatic nitrogens is 1. The van der Waals surface area contributed by atoms with E-state index in [1.165, 1.54) is 0 Å². The van der Waals surface area contributed by atoms with Gasteiger partial charge < -0.3 is 9.72 Å². The van der Waals surface area contributed by atoms with Gasteiger partial charge in [-0.2, -0.15) is 0 Å². The van der Waals surface area contributed by atoms with Crippen molar-refractivity contribution < 1.29 is 4.74 Å². The summed E-state index contributed by atoms with van der Waals surface area (Å²) in [5.74, 6) is 0.567. The molecular weight excluding hydrogens is 362 g/mol. The third-order valence-corrected chi connectivity index (χ3v) is 3.96. The maximum Gasteiger partial charge on any atom is 0.193 e. The fraction of sp³-hybridized carbons (Fsp3) is 0.308. The molecule has 0 atom stereocenters. The van der Waals surface area contributed by atoms with Crippen LogP contribution in [0.2, 0.25) is 0 Å². The Kier molecular flexibility index (Phi) is 4.12. The predicted octanol–water partition coefficient (Wildman–Crippen LogP) is 4.01. The minimum atomic E-state index is -0.0222. The average Bonchev–Trinajstić information content (AvgIpc) is 2.31. The van der Waals surface area contributed by atoms with Crippen LogP contribution in [0.25, 0.3) is 10.9 Å². The van der Waals surface area contributed by atoms with Gasteiger partial charge in [-0.05, 0) is 44.3 Å². The molecule has 0 aliphatic heterocycles. The predicted molar refractivity (Wildman–Crippen MR) is 80.5 cm³/mol. The molecule has 5 heteroatoms. The number of aromatic amines is 1. The molecule has 3 nitrogen and oxygen atoms in total. The molecule has 96 valence electrons. The van der Waals surface area contributed by atoms with Crippen LogP contribution in [0.15, 0.2) is 25.9 Å². The van der Waals surface area contributed by atoms with E-state index in [4.69, 9.17) is 4.74 Å². The van der Waals surface area contributed by atoms with Crippen molar-refractivity contribution in [2.75, 3.05) is 7.11 Å². The van der Waals surface area contributed by atoms with Gasteiger partial charge in [0, 0.05) is 16.2 Å². The highest BCUT2D eigenvalue weighted by molar-refractivity contribution is 9.11. The fourth-order valence-corrected chi connectivity index (χ4v) is 3.41. The smallest absolute Gasteiger partial charge is 0.193 e. The van der Waals surface area contributed by atoms with E-state index in [0.717, 1.165) is 33.0 Å². The first kappa shape index (κ1) is 13.6. The van der Waals surface area contributed by atoms with E-state index in [-0.39, 0.29) is 5.43 Å². The van der Waals surface area contributed by atoms with Crippen LogP contribution in [-0.2, 0) is 6.42 Å². The second kappa shape index (κ2) is 5.45. The van der Waals surface area contributed by atoms with Crippen molar-refractivity contribution in [2.45, 2.75) is 19.8 Å². The van der Waals surface area contributed by atoms with Gasteiger partial charge in [0.2, 0.25) is 0 Å². The number of ether oxygens (including phenoxy) is 1. The number of benzene rings is 1. The Bertz CT molecular complexity index is 649. The molecule has 0 saturated carbocycles. The van der Waals surface area contributed by atoms with Crippen LogP contribution in [-0.4, -0.2) is 12.1 Å². The summed E-state index contributed by atoms with van der Waals surface area (Å²) in [5.41, 5.74) is 1.71. The molecule has 1 heterocycles. The average molecular weight is 375 g/mol. The summed E-state index contributed by atoms with van der Waals surface area (Å²) < 4.78 is 6.92. The zero-order valence-electron chi connectivity index (χ0n) is 10.1. The first-order valence-electron chi connectivity index (χ1n) is 5.66. The lowest BCUT2D eigenvalue weighted by molar-refractivity contribution is 0.417. The zero-order valence-corrected chi connectivity index (χ0v) is 13.3. The lowest BCUT2D eigenvalue weighted by Crippen LogP contribution is -2.07. The molecule has 1 N–H and O–H groups in total. The number of hydrogen-bond acceptors (Lipinski definition) is 2. The number of hydrogen-bond donors (Lipinski definition) is 1. The number of aryl methyl sites for hydroxylation is 1. The summed E-state index contributed by atoms with van der Waals surface area (Å²) in [6.45, 7) is 2.08. The summed E-state index contributed by atoms with van der Waals surface area (Å²) in [7, 11) is 1.56. The maximum absolute atomic E-state index is 12.2. The van der Waals surface area contributed by atoms with Crippen molar-refractivity contribution in [3.8, 4) is 5.75 Å². The highest BCUT2D eigenvalue weighted by atomic mass is 79.9. The van der Waals surface area contributed by atoms with E-state index in [1.807, 2.05) is 6.07 Å². The molecule has 0 unspecified atom stereocenters. The molecule has 1 aromatic carbocycles. The van der Waals surface area contributed by atoms with Gasteiger partial charge in [0.25, 0.3) is 0 Å². The molecule has 0 radical (unpaired) electrons. The molecule has 0 saturated heterocycles. The molecule has 18 heavy (non-hydrogen) atoms. The fourth-order valence-electron chi connectivity index (χ4n) is 1.99. The Balaban J connectivity index is 2.86. The van der Waals surface area contributed by atoms with Crippen molar-refractivity contribution in [1.29, 1.82) is 0 Å². The van der Waals surface area contributed by atoms with Crippen LogP contribution in [0.4, 0.5) is 0 Å². The number of nitrogens with one attached hydrogen (secondary N) is 1. The SMILES string of the molecule is CCCc1cc(=O)c2c(OC)c(Br)cc(Br)c2[nH]1. The second-order valence-electron chi connectivity index (χ2n) is 4.03. The van der Waals surface area contributed by atoms with Crippen LogP contribution in [0.1, 0.15) is 19.0 Å². The summed E-state index contributed by atoms with van der Waals surface area (Å²) in [6, 6.07) is 3.53. The van der Waals surface area contributed by atoms with Gasteiger partial charge in [0.05, 0.1) is 22.5 Å². The van der Waals surface area contributed by atoms with Gasteiger partial charge in [0.1, 0.15) is 5.75 Å². The van der Waals surface area contributed by atoms with E-state index in [0.29, 0.717) is 11.1 Å².